The Labute approximate surface area is 159 Å². The van der Waals surface area contributed by atoms with Crippen LogP contribution in [-0.2, 0) is 14.8 Å². The molecule has 1 saturated heterocycles. The average molecular weight is 408 g/mol. The normalized spacial score (nSPS) is 15.2. The van der Waals surface area contributed by atoms with Crippen molar-refractivity contribution in [1.82, 2.24) is 14.6 Å². The van der Waals surface area contributed by atoms with E-state index in [0.717, 1.165) is 15.6 Å². The molecule has 9 nitrogen and oxygen atoms in total. The molecule has 1 aliphatic heterocycles. The number of nitrogens with one attached hydrogen (secondary N) is 2. The lowest BCUT2D eigenvalue weighted by molar-refractivity contribution is -0.122. The summed E-state index contributed by atoms with van der Waals surface area (Å²) in [4.78, 5) is 39.1. The second-order valence-electron chi connectivity index (χ2n) is 5.76. The number of Topliss-reactive ketones (excluding diaryl/α,β-unsaturated/α-hetero) is 1. The highest BCUT2D eigenvalue weighted by atomic mass is 32.2. The molecule has 2 N–H and O–H groups in total. The molecule has 0 spiro atoms. The van der Waals surface area contributed by atoms with Gasteiger partial charge in [-0.2, -0.15) is 4.31 Å². The summed E-state index contributed by atoms with van der Waals surface area (Å²) in [6.45, 7) is 1.51. The van der Waals surface area contributed by atoms with Crippen LogP contribution in [0.1, 0.15) is 27.8 Å². The van der Waals surface area contributed by atoms with E-state index in [2.05, 4.69) is 15.6 Å². The Morgan fingerprint density at radius 3 is 2.78 bits per heavy atom. The second kappa shape index (κ2) is 7.55. The summed E-state index contributed by atoms with van der Waals surface area (Å²) in [7, 11) is -3.90. The number of piperazine rings is 1. The molecule has 1 aromatic carbocycles. The maximum atomic E-state index is 12.7. The number of ketones is 1. The van der Waals surface area contributed by atoms with Crippen molar-refractivity contribution in [3.63, 3.8) is 0 Å². The molecular formula is C16H16N4O5S2. The van der Waals surface area contributed by atoms with Gasteiger partial charge in [-0.1, -0.05) is 6.07 Å². The lowest BCUT2D eigenvalue weighted by Gasteiger charge is -2.26. The number of sulfonamides is 1. The molecule has 0 atom stereocenters. The predicted octanol–water partition coefficient (Wildman–Crippen LogP) is 0.718. The lowest BCUT2D eigenvalue weighted by atomic mass is 10.2. The van der Waals surface area contributed by atoms with Gasteiger partial charge in [-0.3, -0.25) is 19.7 Å². The van der Waals surface area contributed by atoms with Crippen molar-refractivity contribution < 1.29 is 22.8 Å². The molecule has 2 amide bonds. The van der Waals surface area contributed by atoms with E-state index in [4.69, 9.17) is 0 Å². The summed E-state index contributed by atoms with van der Waals surface area (Å²) < 4.78 is 26.5. The van der Waals surface area contributed by atoms with Crippen molar-refractivity contribution in [1.29, 1.82) is 0 Å². The summed E-state index contributed by atoms with van der Waals surface area (Å²) in [6, 6.07) is 5.54. The van der Waals surface area contributed by atoms with Gasteiger partial charge in [0.05, 0.1) is 11.4 Å². The topological polar surface area (TPSA) is 126 Å². The largest absolute Gasteiger partial charge is 0.354 e. The minimum Gasteiger partial charge on any atom is -0.354 e. The molecule has 0 radical (unpaired) electrons. The Morgan fingerprint density at radius 2 is 2.11 bits per heavy atom. The molecular weight excluding hydrogens is 392 g/mol. The van der Waals surface area contributed by atoms with E-state index >= 15 is 0 Å². The van der Waals surface area contributed by atoms with Crippen molar-refractivity contribution in [3.8, 4) is 0 Å². The number of amides is 2. The van der Waals surface area contributed by atoms with Gasteiger partial charge in [0.1, 0.15) is 5.69 Å². The molecule has 0 aliphatic carbocycles. The minimum atomic E-state index is -3.90. The number of anilines is 1. The first kappa shape index (κ1) is 19.1. The number of nitrogens with zero attached hydrogens (tertiary/aromatic N) is 2. The first-order chi connectivity index (χ1) is 12.8. The molecule has 0 unspecified atom stereocenters. The average Bonchev–Trinajstić information content (AvgIpc) is 3.10. The number of aromatic nitrogens is 1. The zero-order chi connectivity index (χ0) is 19.6. The standard InChI is InChI=1S/C16H16N4O5S2/c1-10(21)13-9-26-16(18-13)19-15(23)11-3-2-4-12(7-11)27(24,25)20-6-5-17-14(22)8-20/h2-4,7,9H,5-6,8H2,1H3,(H,17,22)(H,18,19,23). The molecule has 27 heavy (non-hydrogen) atoms. The van der Waals surface area contributed by atoms with Gasteiger partial charge in [0, 0.05) is 31.0 Å². The summed E-state index contributed by atoms with van der Waals surface area (Å²) in [6.07, 6.45) is 0. The summed E-state index contributed by atoms with van der Waals surface area (Å²) >= 11 is 1.10. The molecule has 1 fully saturated rings. The van der Waals surface area contributed by atoms with Crippen molar-refractivity contribution in [2.24, 2.45) is 0 Å². The van der Waals surface area contributed by atoms with E-state index < -0.39 is 15.9 Å². The highest BCUT2D eigenvalue weighted by Crippen LogP contribution is 2.20. The maximum Gasteiger partial charge on any atom is 0.257 e. The van der Waals surface area contributed by atoms with E-state index in [1.807, 2.05) is 0 Å². The van der Waals surface area contributed by atoms with Gasteiger partial charge in [0.15, 0.2) is 10.9 Å². The van der Waals surface area contributed by atoms with Gasteiger partial charge in [-0.15, -0.1) is 11.3 Å². The van der Waals surface area contributed by atoms with Gasteiger partial charge in [0.25, 0.3) is 5.91 Å². The Hall–Kier alpha value is -2.63. The third kappa shape index (κ3) is 4.21. The van der Waals surface area contributed by atoms with Gasteiger partial charge in [-0.05, 0) is 18.2 Å². The van der Waals surface area contributed by atoms with Crippen molar-refractivity contribution in [2.75, 3.05) is 25.0 Å². The molecule has 3 rings (SSSR count). The predicted molar refractivity (Wildman–Crippen MR) is 98.3 cm³/mol. The van der Waals surface area contributed by atoms with Gasteiger partial charge >= 0.3 is 0 Å². The highest BCUT2D eigenvalue weighted by Gasteiger charge is 2.29. The van der Waals surface area contributed by atoms with E-state index in [1.165, 1.54) is 36.6 Å². The number of carbonyl (C=O) groups excluding carboxylic acids is 3. The van der Waals surface area contributed by atoms with E-state index in [0.29, 0.717) is 0 Å². The van der Waals surface area contributed by atoms with Crippen molar-refractivity contribution >= 4 is 44.1 Å². The zero-order valence-electron chi connectivity index (χ0n) is 14.3. The Balaban J connectivity index is 1.80. The van der Waals surface area contributed by atoms with Crippen LogP contribution < -0.4 is 10.6 Å². The summed E-state index contributed by atoms with van der Waals surface area (Å²) in [5, 5.41) is 6.88. The van der Waals surface area contributed by atoms with Gasteiger partial charge < -0.3 is 5.32 Å². The first-order valence-corrected chi connectivity index (χ1v) is 10.2. The first-order valence-electron chi connectivity index (χ1n) is 7.92. The number of benzene rings is 1. The summed E-state index contributed by atoms with van der Waals surface area (Å²) in [5.74, 6) is -1.14. The van der Waals surface area contributed by atoms with Crippen LogP contribution in [0, 0.1) is 0 Å². The van der Waals surface area contributed by atoms with Crippen molar-refractivity contribution in [3.05, 3.63) is 40.9 Å². The molecule has 0 bridgehead atoms. The Morgan fingerprint density at radius 1 is 1.33 bits per heavy atom. The number of carbonyl (C=O) groups is 3. The number of hydrogen-bond donors (Lipinski definition) is 2. The SMILES string of the molecule is CC(=O)c1csc(NC(=O)c2cccc(S(=O)(=O)N3CCNC(=O)C3)c2)n1. The van der Waals surface area contributed by atoms with Crippen LogP contribution in [0.25, 0.3) is 0 Å². The highest BCUT2D eigenvalue weighted by molar-refractivity contribution is 7.89. The van der Waals surface area contributed by atoms with Crippen LogP contribution >= 0.6 is 11.3 Å². The lowest BCUT2D eigenvalue weighted by Crippen LogP contribution is -2.49. The molecule has 1 aliphatic rings. The van der Waals surface area contributed by atoms with Crippen molar-refractivity contribution in [2.45, 2.75) is 11.8 Å². The number of rotatable bonds is 5. The molecule has 2 heterocycles. The van der Waals surface area contributed by atoms with Crippen LogP contribution in [-0.4, -0.2) is 54.9 Å². The Bertz CT molecular complexity index is 1020. The molecule has 11 heteroatoms. The van der Waals surface area contributed by atoms with E-state index in [-0.39, 0.29) is 52.6 Å². The monoisotopic (exact) mass is 408 g/mol. The van der Waals surface area contributed by atoms with E-state index in [9.17, 15) is 22.8 Å². The molecule has 1 aromatic heterocycles. The fourth-order valence-electron chi connectivity index (χ4n) is 2.43. The van der Waals surface area contributed by atoms with Crippen LogP contribution in [0.4, 0.5) is 5.13 Å². The fraction of sp³-hybridized carbons (Fsp3) is 0.250. The third-order valence-electron chi connectivity index (χ3n) is 3.82. The quantitative estimate of drug-likeness (QED) is 0.702. The zero-order valence-corrected chi connectivity index (χ0v) is 15.9. The number of thiazole rings is 1. The Kier molecular flexibility index (Phi) is 5.35. The minimum absolute atomic E-state index is 0.0755. The molecule has 0 saturated carbocycles. The summed E-state index contributed by atoms with van der Waals surface area (Å²) in [5.41, 5.74) is 0.368. The maximum absolute atomic E-state index is 12.7. The fourth-order valence-corrected chi connectivity index (χ4v) is 4.62. The van der Waals surface area contributed by atoms with E-state index in [1.54, 1.807) is 0 Å². The van der Waals surface area contributed by atoms with Gasteiger partial charge in [0.2, 0.25) is 15.9 Å². The third-order valence-corrected chi connectivity index (χ3v) is 6.42. The second-order valence-corrected chi connectivity index (χ2v) is 8.56. The van der Waals surface area contributed by atoms with Crippen LogP contribution in [0.15, 0.2) is 34.5 Å². The number of hydrogen-bond acceptors (Lipinski definition) is 7. The molecule has 142 valence electrons. The smallest absolute Gasteiger partial charge is 0.257 e. The van der Waals surface area contributed by atoms with Crippen LogP contribution in [0.2, 0.25) is 0 Å². The van der Waals surface area contributed by atoms with Crippen LogP contribution in [0.5, 0.6) is 0 Å². The van der Waals surface area contributed by atoms with Crippen LogP contribution in [0.3, 0.4) is 0 Å². The molecule has 2 aromatic rings. The van der Waals surface area contributed by atoms with Gasteiger partial charge in [-0.25, -0.2) is 13.4 Å².